The number of hydrogen-bond donors (Lipinski definition) is 1. The molecule has 8 heteroatoms. The maximum Gasteiger partial charge on any atom is 0.573 e. The summed E-state index contributed by atoms with van der Waals surface area (Å²) in [7, 11) is 0. The van der Waals surface area contributed by atoms with Gasteiger partial charge in [0.2, 0.25) is 0 Å². The Morgan fingerprint density at radius 3 is 2.48 bits per heavy atom. The van der Waals surface area contributed by atoms with E-state index in [0.29, 0.717) is 12.7 Å². The van der Waals surface area contributed by atoms with Crippen LogP contribution in [0.5, 0.6) is 5.75 Å². The van der Waals surface area contributed by atoms with Crippen LogP contribution in [0.15, 0.2) is 42.6 Å². The highest BCUT2D eigenvalue weighted by Crippen LogP contribution is 2.32. The van der Waals surface area contributed by atoms with Crippen LogP contribution in [0.4, 0.5) is 24.7 Å². The van der Waals surface area contributed by atoms with Crippen molar-refractivity contribution in [3.8, 4) is 5.75 Å². The lowest BCUT2D eigenvalue weighted by Gasteiger charge is -2.29. The van der Waals surface area contributed by atoms with E-state index in [0.717, 1.165) is 30.2 Å². The third-order valence-corrected chi connectivity index (χ3v) is 4.85. The molecule has 2 heterocycles. The molecule has 1 fully saturated rings. The second kappa shape index (κ2) is 8.10. The van der Waals surface area contributed by atoms with Crippen LogP contribution < -0.4 is 15.0 Å². The number of halogens is 3. The molecular weight excluding hydrogens is 381 g/mol. The first-order valence-corrected chi connectivity index (χ1v) is 9.59. The highest BCUT2D eigenvalue weighted by atomic mass is 19.4. The number of anilines is 2. The minimum atomic E-state index is -4.68. The fourth-order valence-electron chi connectivity index (χ4n) is 3.48. The van der Waals surface area contributed by atoms with Gasteiger partial charge < -0.3 is 15.0 Å². The number of pyridine rings is 1. The summed E-state index contributed by atoms with van der Waals surface area (Å²) >= 11 is 0. The average Bonchev–Trinajstić information content (AvgIpc) is 2.88. The number of nitrogens with zero attached hydrogens (tertiary/aromatic N) is 3. The first-order chi connectivity index (χ1) is 13.5. The summed E-state index contributed by atoms with van der Waals surface area (Å²) in [5.74, 6) is 0.644. The SMILES string of the molecule is CC(C)Nc1cc(CN2CN(c3ccc(OC(F)(F)F)cc3)CC2(C)C)ccn1. The molecule has 0 spiro atoms. The molecule has 0 bridgehead atoms. The Kier molecular flexibility index (Phi) is 5.93. The van der Waals surface area contributed by atoms with Gasteiger partial charge >= 0.3 is 6.36 Å². The normalized spacial score (nSPS) is 17.0. The maximum atomic E-state index is 12.4. The lowest BCUT2D eigenvalue weighted by molar-refractivity contribution is -0.274. The van der Waals surface area contributed by atoms with Crippen molar-refractivity contribution < 1.29 is 17.9 Å². The Hall–Kier alpha value is -2.48. The summed E-state index contributed by atoms with van der Waals surface area (Å²) in [5.41, 5.74) is 1.94. The Morgan fingerprint density at radius 2 is 1.86 bits per heavy atom. The minimum absolute atomic E-state index is 0.0873. The number of aromatic nitrogens is 1. The second-order valence-corrected chi connectivity index (χ2v) is 8.24. The Bertz CT molecular complexity index is 821. The predicted molar refractivity (Wildman–Crippen MR) is 108 cm³/mol. The van der Waals surface area contributed by atoms with E-state index in [1.807, 2.05) is 6.07 Å². The van der Waals surface area contributed by atoms with Crippen molar-refractivity contribution in [3.05, 3.63) is 48.2 Å². The predicted octanol–water partition coefficient (Wildman–Crippen LogP) is 4.86. The van der Waals surface area contributed by atoms with Crippen molar-refractivity contribution in [2.24, 2.45) is 0 Å². The number of benzene rings is 1. The van der Waals surface area contributed by atoms with Crippen molar-refractivity contribution in [3.63, 3.8) is 0 Å². The Labute approximate surface area is 169 Å². The first kappa shape index (κ1) is 21.2. The second-order valence-electron chi connectivity index (χ2n) is 8.24. The van der Waals surface area contributed by atoms with E-state index in [1.165, 1.54) is 12.1 Å². The molecule has 0 saturated carbocycles. The zero-order valence-electron chi connectivity index (χ0n) is 17.1. The van der Waals surface area contributed by atoms with Crippen molar-refractivity contribution in [2.75, 3.05) is 23.4 Å². The van der Waals surface area contributed by atoms with Crippen LogP contribution in [-0.4, -0.2) is 41.0 Å². The van der Waals surface area contributed by atoms with Gasteiger partial charge in [-0.2, -0.15) is 0 Å². The van der Waals surface area contributed by atoms with Crippen molar-refractivity contribution >= 4 is 11.5 Å². The molecule has 1 N–H and O–H groups in total. The summed E-state index contributed by atoms with van der Waals surface area (Å²) < 4.78 is 41.0. The molecule has 1 aliphatic heterocycles. The number of nitrogens with one attached hydrogen (secondary N) is 1. The molecule has 0 atom stereocenters. The lowest BCUT2D eigenvalue weighted by atomic mass is 10.0. The topological polar surface area (TPSA) is 40.6 Å². The van der Waals surface area contributed by atoms with Gasteiger partial charge in [-0.25, -0.2) is 4.98 Å². The average molecular weight is 408 g/mol. The van der Waals surface area contributed by atoms with E-state index in [4.69, 9.17) is 0 Å². The minimum Gasteiger partial charge on any atom is -0.406 e. The van der Waals surface area contributed by atoms with Gasteiger partial charge in [0.05, 0.1) is 6.67 Å². The molecule has 0 amide bonds. The van der Waals surface area contributed by atoms with Crippen LogP contribution in [0.1, 0.15) is 33.3 Å². The van der Waals surface area contributed by atoms with Gasteiger partial charge in [0.15, 0.2) is 0 Å². The summed E-state index contributed by atoms with van der Waals surface area (Å²) in [5, 5.41) is 3.31. The molecule has 0 radical (unpaired) electrons. The van der Waals surface area contributed by atoms with Gasteiger partial charge in [-0.3, -0.25) is 4.90 Å². The molecule has 1 aromatic carbocycles. The van der Waals surface area contributed by atoms with Crippen LogP contribution >= 0.6 is 0 Å². The molecule has 3 rings (SSSR count). The van der Waals surface area contributed by atoms with Crippen molar-refractivity contribution in [1.82, 2.24) is 9.88 Å². The highest BCUT2D eigenvalue weighted by molar-refractivity contribution is 5.50. The molecule has 1 saturated heterocycles. The van der Waals surface area contributed by atoms with Gasteiger partial charge in [0.1, 0.15) is 11.6 Å². The number of rotatable bonds is 6. The molecule has 29 heavy (non-hydrogen) atoms. The molecule has 0 unspecified atom stereocenters. The van der Waals surface area contributed by atoms with Crippen LogP contribution in [-0.2, 0) is 6.54 Å². The van der Waals surface area contributed by atoms with Gasteiger partial charge in [-0.15, -0.1) is 13.2 Å². The summed E-state index contributed by atoms with van der Waals surface area (Å²) in [6.45, 7) is 10.7. The standard InChI is InChI=1S/C21H27F3N4O/c1-15(2)26-19-11-16(9-10-25-19)12-28-14-27(13-20(28,3)4)17-5-7-18(8-6-17)29-21(22,23)24/h5-11,15H,12-14H2,1-4H3,(H,25,26). The molecule has 2 aromatic rings. The summed E-state index contributed by atoms with van der Waals surface area (Å²) in [6.07, 6.45) is -2.87. The summed E-state index contributed by atoms with van der Waals surface area (Å²) in [4.78, 5) is 8.86. The lowest BCUT2D eigenvalue weighted by Crippen LogP contribution is -2.39. The smallest absolute Gasteiger partial charge is 0.406 e. The highest BCUT2D eigenvalue weighted by Gasteiger charge is 2.37. The van der Waals surface area contributed by atoms with E-state index < -0.39 is 6.36 Å². The third-order valence-electron chi connectivity index (χ3n) is 4.85. The summed E-state index contributed by atoms with van der Waals surface area (Å²) in [6, 6.07) is 10.4. The van der Waals surface area contributed by atoms with Crippen LogP contribution in [0.2, 0.25) is 0 Å². The fourth-order valence-corrected chi connectivity index (χ4v) is 3.48. The maximum absolute atomic E-state index is 12.4. The van der Waals surface area contributed by atoms with Crippen molar-refractivity contribution in [1.29, 1.82) is 0 Å². The van der Waals surface area contributed by atoms with Crippen LogP contribution in [0.25, 0.3) is 0 Å². The van der Waals surface area contributed by atoms with E-state index in [2.05, 4.69) is 58.6 Å². The zero-order valence-corrected chi connectivity index (χ0v) is 17.1. The molecule has 1 aromatic heterocycles. The van der Waals surface area contributed by atoms with Gasteiger partial charge in [-0.1, -0.05) is 0 Å². The van der Waals surface area contributed by atoms with Crippen LogP contribution in [0, 0.1) is 0 Å². The van der Waals surface area contributed by atoms with Gasteiger partial charge in [0.25, 0.3) is 0 Å². The molecule has 1 aliphatic rings. The zero-order chi connectivity index (χ0) is 21.2. The van der Waals surface area contributed by atoms with E-state index >= 15 is 0 Å². The number of alkyl halides is 3. The Morgan fingerprint density at radius 1 is 1.17 bits per heavy atom. The molecular formula is C21H27F3N4O. The third kappa shape index (κ3) is 5.76. The van der Waals surface area contributed by atoms with Gasteiger partial charge in [0, 0.05) is 36.6 Å². The van der Waals surface area contributed by atoms with Crippen LogP contribution in [0.3, 0.4) is 0 Å². The molecule has 5 nitrogen and oxygen atoms in total. The van der Waals surface area contributed by atoms with Gasteiger partial charge in [-0.05, 0) is 69.7 Å². The largest absolute Gasteiger partial charge is 0.573 e. The quantitative estimate of drug-likeness (QED) is 0.739. The van der Waals surface area contributed by atoms with E-state index in [9.17, 15) is 13.2 Å². The van der Waals surface area contributed by atoms with E-state index in [-0.39, 0.29) is 11.3 Å². The molecule has 0 aliphatic carbocycles. The monoisotopic (exact) mass is 408 g/mol. The first-order valence-electron chi connectivity index (χ1n) is 9.59. The Balaban J connectivity index is 1.69. The van der Waals surface area contributed by atoms with Crippen molar-refractivity contribution in [2.45, 2.75) is 52.2 Å². The number of hydrogen-bond acceptors (Lipinski definition) is 5. The number of ether oxygens (including phenoxy) is 1. The van der Waals surface area contributed by atoms with E-state index in [1.54, 1.807) is 18.3 Å². The molecule has 158 valence electrons. The fraction of sp³-hybridized carbons (Fsp3) is 0.476.